The maximum atomic E-state index is 12.9. The van der Waals surface area contributed by atoms with E-state index in [1.54, 1.807) is 6.07 Å². The minimum atomic E-state index is -4.43. The fourth-order valence-corrected chi connectivity index (χ4v) is 2.92. The summed E-state index contributed by atoms with van der Waals surface area (Å²) < 4.78 is 39.2. The summed E-state index contributed by atoms with van der Waals surface area (Å²) in [6, 6.07) is 3.95. The summed E-state index contributed by atoms with van der Waals surface area (Å²) in [4.78, 5) is 0. The van der Waals surface area contributed by atoms with E-state index in [0.29, 0.717) is 4.47 Å². The maximum Gasteiger partial charge on any atom is 0.416 e. The molecule has 0 spiro atoms. The molecule has 0 heterocycles. The molecule has 0 saturated heterocycles. The van der Waals surface area contributed by atoms with Crippen LogP contribution in [-0.2, 0) is 6.18 Å². The number of hydrogen-bond acceptors (Lipinski definition) is 1. The van der Waals surface area contributed by atoms with Crippen molar-refractivity contribution in [2.24, 2.45) is 5.92 Å². The molecule has 18 heavy (non-hydrogen) atoms. The summed E-state index contributed by atoms with van der Waals surface area (Å²) in [6.45, 7) is 0. The highest BCUT2D eigenvalue weighted by molar-refractivity contribution is 9.10. The fourth-order valence-electron chi connectivity index (χ4n) is 2.56. The van der Waals surface area contributed by atoms with Crippen LogP contribution in [-0.4, -0.2) is 5.11 Å². The third-order valence-electron chi connectivity index (χ3n) is 3.49. The Morgan fingerprint density at radius 2 is 1.83 bits per heavy atom. The predicted molar refractivity (Wildman–Crippen MR) is 66.1 cm³/mol. The van der Waals surface area contributed by atoms with Gasteiger partial charge in [0.2, 0.25) is 0 Å². The highest BCUT2D eigenvalue weighted by atomic mass is 79.9. The van der Waals surface area contributed by atoms with Crippen molar-refractivity contribution in [3.05, 3.63) is 33.8 Å². The zero-order valence-corrected chi connectivity index (χ0v) is 11.3. The molecule has 1 saturated carbocycles. The molecule has 1 N–H and O–H groups in total. The van der Waals surface area contributed by atoms with Gasteiger partial charge >= 0.3 is 6.18 Å². The van der Waals surface area contributed by atoms with E-state index in [2.05, 4.69) is 15.9 Å². The van der Waals surface area contributed by atoms with E-state index >= 15 is 0 Å². The third-order valence-corrected chi connectivity index (χ3v) is 3.98. The Morgan fingerprint density at radius 1 is 1.22 bits per heavy atom. The number of aliphatic hydroxyl groups is 1. The number of benzene rings is 1. The van der Waals surface area contributed by atoms with Crippen molar-refractivity contribution in [3.63, 3.8) is 0 Å². The first-order chi connectivity index (χ1) is 8.39. The van der Waals surface area contributed by atoms with E-state index in [0.717, 1.165) is 31.7 Å². The quantitative estimate of drug-likeness (QED) is 0.837. The van der Waals surface area contributed by atoms with Crippen LogP contribution in [0, 0.1) is 5.92 Å². The summed E-state index contributed by atoms with van der Waals surface area (Å²) in [5.74, 6) is -0.0488. The molecule has 1 aromatic carbocycles. The number of aliphatic hydroxyl groups excluding tert-OH is 1. The maximum absolute atomic E-state index is 12.9. The van der Waals surface area contributed by atoms with Crippen LogP contribution in [0.2, 0.25) is 0 Å². The van der Waals surface area contributed by atoms with Crippen LogP contribution < -0.4 is 0 Å². The van der Waals surface area contributed by atoms with Crippen LogP contribution in [0.4, 0.5) is 13.2 Å². The molecule has 1 nitrogen and oxygen atoms in total. The predicted octanol–water partition coefficient (Wildman–Crippen LogP) is 4.69. The highest BCUT2D eigenvalue weighted by Gasteiger charge is 2.37. The first kappa shape index (κ1) is 13.9. The van der Waals surface area contributed by atoms with E-state index in [4.69, 9.17) is 0 Å². The topological polar surface area (TPSA) is 20.2 Å². The molecule has 0 bridgehead atoms. The van der Waals surface area contributed by atoms with Crippen molar-refractivity contribution in [2.45, 2.75) is 38.0 Å². The van der Waals surface area contributed by atoms with E-state index in [1.807, 2.05) is 0 Å². The SMILES string of the molecule is OC(c1ccc(Br)cc1C(F)(F)F)C1CCCC1. The molecule has 0 amide bonds. The highest BCUT2D eigenvalue weighted by Crippen LogP contribution is 2.42. The summed E-state index contributed by atoms with van der Waals surface area (Å²) in [5, 5.41) is 10.1. The monoisotopic (exact) mass is 322 g/mol. The van der Waals surface area contributed by atoms with Gasteiger partial charge in [0.25, 0.3) is 0 Å². The van der Waals surface area contributed by atoms with E-state index < -0.39 is 17.8 Å². The molecule has 2 rings (SSSR count). The van der Waals surface area contributed by atoms with Crippen molar-refractivity contribution in [3.8, 4) is 0 Å². The van der Waals surface area contributed by atoms with Crippen LogP contribution in [0.25, 0.3) is 0 Å². The molecule has 1 aliphatic rings. The van der Waals surface area contributed by atoms with Gasteiger partial charge in [-0.1, -0.05) is 34.8 Å². The Kier molecular flexibility index (Phi) is 4.02. The molecule has 1 aromatic rings. The van der Waals surface area contributed by atoms with Gasteiger partial charge in [-0.3, -0.25) is 0 Å². The van der Waals surface area contributed by atoms with Gasteiger partial charge in [0.05, 0.1) is 11.7 Å². The molecule has 0 aromatic heterocycles. The standard InChI is InChI=1S/C13H14BrF3O/c14-9-5-6-10(11(7-9)13(15,16)17)12(18)8-3-1-2-4-8/h5-8,12,18H,1-4H2. The molecule has 1 unspecified atom stereocenters. The van der Waals surface area contributed by atoms with Crippen molar-refractivity contribution in [1.29, 1.82) is 0 Å². The molecule has 0 aliphatic heterocycles. The molecule has 1 fully saturated rings. The molecule has 5 heteroatoms. The van der Waals surface area contributed by atoms with Gasteiger partial charge in [0.1, 0.15) is 0 Å². The third kappa shape index (κ3) is 2.88. The van der Waals surface area contributed by atoms with Crippen LogP contribution in [0.15, 0.2) is 22.7 Å². The van der Waals surface area contributed by atoms with Crippen LogP contribution in [0.3, 0.4) is 0 Å². The number of rotatable bonds is 2. The van der Waals surface area contributed by atoms with Gasteiger partial charge in [-0.2, -0.15) is 13.2 Å². The Morgan fingerprint density at radius 3 is 2.39 bits per heavy atom. The minimum absolute atomic E-state index is 0.00222. The number of alkyl halides is 3. The van der Waals surface area contributed by atoms with Gasteiger partial charge < -0.3 is 5.11 Å². The number of halogens is 4. The van der Waals surface area contributed by atoms with Crippen molar-refractivity contribution >= 4 is 15.9 Å². The lowest BCUT2D eigenvalue weighted by Gasteiger charge is -2.22. The van der Waals surface area contributed by atoms with Crippen molar-refractivity contribution in [1.82, 2.24) is 0 Å². The molecule has 0 radical (unpaired) electrons. The second kappa shape index (κ2) is 5.21. The second-order valence-corrected chi connectivity index (χ2v) is 5.63. The average molecular weight is 323 g/mol. The molecule has 100 valence electrons. The summed E-state index contributed by atoms with van der Waals surface area (Å²) in [5.41, 5.74) is -0.742. The Labute approximate surface area is 112 Å². The van der Waals surface area contributed by atoms with Gasteiger partial charge in [-0.05, 0) is 36.5 Å². The first-order valence-corrected chi connectivity index (χ1v) is 6.73. The summed E-state index contributed by atoms with van der Waals surface area (Å²) in [6.07, 6.45) is -1.88. The average Bonchev–Trinajstić information content (AvgIpc) is 2.80. The molecular weight excluding hydrogens is 309 g/mol. The Bertz CT molecular complexity index is 425. The van der Waals surface area contributed by atoms with Crippen molar-refractivity contribution in [2.75, 3.05) is 0 Å². The lowest BCUT2D eigenvalue weighted by molar-refractivity contribution is -0.139. The van der Waals surface area contributed by atoms with Gasteiger partial charge in [-0.15, -0.1) is 0 Å². The summed E-state index contributed by atoms with van der Waals surface area (Å²) >= 11 is 3.04. The Hall–Kier alpha value is -0.550. The molecular formula is C13H14BrF3O. The van der Waals surface area contributed by atoms with E-state index in [9.17, 15) is 18.3 Å². The summed E-state index contributed by atoms with van der Waals surface area (Å²) in [7, 11) is 0. The molecule has 1 atom stereocenters. The van der Waals surface area contributed by atoms with Crippen LogP contribution >= 0.6 is 15.9 Å². The van der Waals surface area contributed by atoms with Crippen LogP contribution in [0.1, 0.15) is 42.9 Å². The fraction of sp³-hybridized carbons (Fsp3) is 0.538. The van der Waals surface area contributed by atoms with Gasteiger partial charge in [-0.25, -0.2) is 0 Å². The zero-order valence-electron chi connectivity index (χ0n) is 9.67. The van der Waals surface area contributed by atoms with Gasteiger partial charge in [0.15, 0.2) is 0 Å². The smallest absolute Gasteiger partial charge is 0.388 e. The lowest BCUT2D eigenvalue weighted by Crippen LogP contribution is -2.16. The molecule has 1 aliphatic carbocycles. The van der Waals surface area contributed by atoms with Gasteiger partial charge in [0, 0.05) is 4.47 Å². The van der Waals surface area contributed by atoms with Crippen LogP contribution in [0.5, 0.6) is 0 Å². The first-order valence-electron chi connectivity index (χ1n) is 5.94. The Balaban J connectivity index is 2.37. The van der Waals surface area contributed by atoms with Crippen molar-refractivity contribution < 1.29 is 18.3 Å². The van der Waals surface area contributed by atoms with E-state index in [-0.39, 0.29) is 11.5 Å². The second-order valence-electron chi connectivity index (χ2n) is 4.72. The largest absolute Gasteiger partial charge is 0.416 e. The minimum Gasteiger partial charge on any atom is -0.388 e. The number of hydrogen-bond donors (Lipinski definition) is 1. The normalized spacial score (nSPS) is 19.2. The zero-order chi connectivity index (χ0) is 13.3. The van der Waals surface area contributed by atoms with E-state index in [1.165, 1.54) is 6.07 Å². The lowest BCUT2D eigenvalue weighted by atomic mass is 9.91.